The molecule has 0 amide bonds. The highest BCUT2D eigenvalue weighted by Gasteiger charge is 2.52. The molecule has 2 unspecified atom stereocenters. The zero-order chi connectivity index (χ0) is 27.8. The summed E-state index contributed by atoms with van der Waals surface area (Å²) in [5, 5.41) is 3.93. The van der Waals surface area contributed by atoms with Gasteiger partial charge < -0.3 is 19.7 Å². The summed E-state index contributed by atoms with van der Waals surface area (Å²) in [6, 6.07) is 5.26. The van der Waals surface area contributed by atoms with E-state index in [4.69, 9.17) is 14.5 Å². The first-order chi connectivity index (χ1) is 16.9. The molecule has 0 bridgehead atoms. The van der Waals surface area contributed by atoms with Gasteiger partial charge in [-0.1, -0.05) is 20.8 Å². The standard InChI is InChI=1S/C31H56N4O2/c1-28(2,3)22-13-14-32-26(19-22)34-15-16-35(30(7,8)9)24(21-34)27-23(33-29(4,5)6)20-25(27)36-17-18-37-31(10,11)12/h13-14,19,23-25,27,33H,15-18,20-21H2,1-12H3/t23-,24?,25+,27?/m1/s1. The maximum absolute atomic E-state index is 6.52. The van der Waals surface area contributed by atoms with Crippen LogP contribution in [0, 0.1) is 5.92 Å². The number of nitrogens with zero attached hydrogens (tertiary/aromatic N) is 3. The van der Waals surface area contributed by atoms with Gasteiger partial charge in [-0.2, -0.15) is 0 Å². The lowest BCUT2D eigenvalue weighted by Crippen LogP contribution is -2.71. The minimum absolute atomic E-state index is 0.0622. The van der Waals surface area contributed by atoms with Crippen LogP contribution in [0.5, 0.6) is 0 Å². The molecule has 1 N–H and O–H groups in total. The molecule has 1 saturated heterocycles. The zero-order valence-corrected chi connectivity index (χ0v) is 25.9. The second-order valence-corrected chi connectivity index (χ2v) is 15.2. The van der Waals surface area contributed by atoms with E-state index in [1.54, 1.807) is 0 Å². The Labute approximate surface area is 227 Å². The van der Waals surface area contributed by atoms with E-state index in [1.807, 2.05) is 6.20 Å². The molecular weight excluding hydrogens is 460 g/mol. The fourth-order valence-electron chi connectivity index (χ4n) is 5.82. The van der Waals surface area contributed by atoms with Crippen molar-refractivity contribution < 1.29 is 9.47 Å². The first-order valence-corrected chi connectivity index (χ1v) is 14.4. The molecule has 4 atom stereocenters. The zero-order valence-electron chi connectivity index (χ0n) is 25.9. The highest BCUT2D eigenvalue weighted by molar-refractivity contribution is 5.44. The van der Waals surface area contributed by atoms with Crippen LogP contribution in [-0.4, -0.2) is 77.6 Å². The highest BCUT2D eigenvalue weighted by Crippen LogP contribution is 2.41. The maximum atomic E-state index is 6.52. The lowest BCUT2D eigenvalue weighted by molar-refractivity contribution is -0.133. The largest absolute Gasteiger partial charge is 0.375 e. The number of rotatable bonds is 7. The molecule has 1 aliphatic carbocycles. The molecule has 6 heteroatoms. The van der Waals surface area contributed by atoms with Gasteiger partial charge in [0.05, 0.1) is 24.9 Å². The Balaban J connectivity index is 1.85. The molecule has 3 rings (SSSR count). The second-order valence-electron chi connectivity index (χ2n) is 15.2. The van der Waals surface area contributed by atoms with E-state index < -0.39 is 0 Å². The quantitative estimate of drug-likeness (QED) is 0.473. The van der Waals surface area contributed by atoms with Crippen LogP contribution in [0.2, 0.25) is 0 Å². The van der Waals surface area contributed by atoms with E-state index in [9.17, 15) is 0 Å². The van der Waals surface area contributed by atoms with Gasteiger partial charge in [-0.25, -0.2) is 4.98 Å². The van der Waals surface area contributed by atoms with Gasteiger partial charge in [0.1, 0.15) is 5.82 Å². The van der Waals surface area contributed by atoms with E-state index in [0.717, 1.165) is 31.9 Å². The van der Waals surface area contributed by atoms with Crippen molar-refractivity contribution in [3.63, 3.8) is 0 Å². The number of anilines is 1. The van der Waals surface area contributed by atoms with E-state index in [-0.39, 0.29) is 28.2 Å². The van der Waals surface area contributed by atoms with E-state index in [0.29, 0.717) is 31.2 Å². The predicted molar refractivity (Wildman–Crippen MR) is 156 cm³/mol. The molecule has 0 radical (unpaired) electrons. The van der Waals surface area contributed by atoms with E-state index in [1.165, 1.54) is 5.56 Å². The number of piperazine rings is 1. The summed E-state index contributed by atoms with van der Waals surface area (Å²) in [6.07, 6.45) is 3.26. The Morgan fingerprint density at radius 1 is 0.946 bits per heavy atom. The van der Waals surface area contributed by atoms with Crippen molar-refractivity contribution in [1.29, 1.82) is 0 Å². The number of pyridine rings is 1. The fourth-order valence-corrected chi connectivity index (χ4v) is 5.82. The normalized spacial score (nSPS) is 26.3. The van der Waals surface area contributed by atoms with Crippen LogP contribution in [0.1, 0.15) is 95.1 Å². The van der Waals surface area contributed by atoms with Gasteiger partial charge in [0.2, 0.25) is 0 Å². The molecule has 37 heavy (non-hydrogen) atoms. The lowest BCUT2D eigenvalue weighted by atomic mass is 9.69. The van der Waals surface area contributed by atoms with Crippen LogP contribution in [0.25, 0.3) is 0 Å². The van der Waals surface area contributed by atoms with Crippen molar-refractivity contribution in [2.24, 2.45) is 5.92 Å². The Bertz CT molecular complexity index is 875. The molecule has 212 valence electrons. The monoisotopic (exact) mass is 516 g/mol. The van der Waals surface area contributed by atoms with Crippen LogP contribution in [0.15, 0.2) is 18.3 Å². The second kappa shape index (κ2) is 11.1. The molecular formula is C31H56N4O2. The van der Waals surface area contributed by atoms with Gasteiger partial charge in [0.25, 0.3) is 0 Å². The molecule has 2 aliphatic rings. The number of nitrogens with one attached hydrogen (secondary N) is 1. The molecule has 6 nitrogen and oxygen atoms in total. The lowest BCUT2D eigenvalue weighted by Gasteiger charge is -2.58. The number of ether oxygens (including phenoxy) is 2. The summed E-state index contributed by atoms with van der Waals surface area (Å²) in [7, 11) is 0. The van der Waals surface area contributed by atoms with Crippen LogP contribution in [0.3, 0.4) is 0 Å². The Kier molecular flexibility index (Phi) is 9.11. The molecule has 2 fully saturated rings. The summed E-state index contributed by atoms with van der Waals surface area (Å²) >= 11 is 0. The van der Waals surface area contributed by atoms with Crippen molar-refractivity contribution in [3.05, 3.63) is 23.9 Å². The summed E-state index contributed by atoms with van der Waals surface area (Å²) in [5.74, 6) is 1.50. The maximum Gasteiger partial charge on any atom is 0.128 e. The smallest absolute Gasteiger partial charge is 0.128 e. The Morgan fingerprint density at radius 2 is 1.62 bits per heavy atom. The minimum Gasteiger partial charge on any atom is -0.375 e. The first-order valence-electron chi connectivity index (χ1n) is 14.4. The molecule has 1 saturated carbocycles. The van der Waals surface area contributed by atoms with Crippen molar-refractivity contribution >= 4 is 5.82 Å². The van der Waals surface area contributed by atoms with Crippen molar-refractivity contribution in [3.8, 4) is 0 Å². The van der Waals surface area contributed by atoms with Gasteiger partial charge in [0, 0.05) is 54.9 Å². The molecule has 1 aromatic rings. The topological polar surface area (TPSA) is 49.9 Å². The third kappa shape index (κ3) is 8.39. The Hall–Kier alpha value is -1.21. The van der Waals surface area contributed by atoms with Crippen molar-refractivity contribution in [2.75, 3.05) is 37.7 Å². The van der Waals surface area contributed by atoms with E-state index in [2.05, 4.69) is 110 Å². The van der Waals surface area contributed by atoms with Crippen LogP contribution in [-0.2, 0) is 14.9 Å². The average molecular weight is 517 g/mol. The van der Waals surface area contributed by atoms with Gasteiger partial charge in [-0.15, -0.1) is 0 Å². The van der Waals surface area contributed by atoms with Gasteiger partial charge in [-0.3, -0.25) is 4.90 Å². The summed E-state index contributed by atoms with van der Waals surface area (Å²) in [4.78, 5) is 10.1. The average Bonchev–Trinajstić information content (AvgIpc) is 2.72. The van der Waals surface area contributed by atoms with Gasteiger partial charge in [0.15, 0.2) is 0 Å². The molecule has 0 spiro atoms. The minimum atomic E-state index is -0.139. The summed E-state index contributed by atoms with van der Waals surface area (Å²) in [5.41, 5.74) is 1.45. The van der Waals surface area contributed by atoms with Crippen molar-refractivity contribution in [2.45, 2.75) is 130 Å². The summed E-state index contributed by atoms with van der Waals surface area (Å²) in [6.45, 7) is 31.2. The first kappa shape index (κ1) is 30.3. The predicted octanol–water partition coefficient (Wildman–Crippen LogP) is 5.65. The van der Waals surface area contributed by atoms with Gasteiger partial charge >= 0.3 is 0 Å². The third-order valence-electron chi connectivity index (χ3n) is 7.61. The number of hydrogen-bond acceptors (Lipinski definition) is 6. The SMILES string of the molecule is CC(C)(C)N[C@@H]1C[C@H](OCCOC(C)(C)C)C1C1CN(c2cc(C(C)(C)C)ccn2)CCN1C(C)(C)C. The third-order valence-corrected chi connectivity index (χ3v) is 7.61. The van der Waals surface area contributed by atoms with Crippen molar-refractivity contribution in [1.82, 2.24) is 15.2 Å². The molecule has 2 heterocycles. The molecule has 0 aromatic carbocycles. The Morgan fingerprint density at radius 3 is 2.19 bits per heavy atom. The van der Waals surface area contributed by atoms with Crippen LogP contribution in [0.4, 0.5) is 5.82 Å². The van der Waals surface area contributed by atoms with Crippen LogP contribution < -0.4 is 10.2 Å². The molecule has 1 aromatic heterocycles. The molecule has 1 aliphatic heterocycles. The summed E-state index contributed by atoms with van der Waals surface area (Å²) < 4.78 is 12.5. The van der Waals surface area contributed by atoms with E-state index >= 15 is 0 Å². The highest BCUT2D eigenvalue weighted by atomic mass is 16.5. The van der Waals surface area contributed by atoms with Gasteiger partial charge in [-0.05, 0) is 91.8 Å². The fraction of sp³-hybridized carbons (Fsp3) is 0.839. The van der Waals surface area contributed by atoms with Crippen LogP contribution >= 0.6 is 0 Å². The number of aromatic nitrogens is 1. The number of hydrogen-bond donors (Lipinski definition) is 1.